The Bertz CT molecular complexity index is 281. The van der Waals surface area contributed by atoms with Gasteiger partial charge in [-0.05, 0) is 38.2 Å². The molecular weight excluding hydrogens is 284 g/mol. The van der Waals surface area contributed by atoms with E-state index in [1.165, 1.54) is 18.6 Å². The Hall–Kier alpha value is -0.460. The van der Waals surface area contributed by atoms with E-state index < -0.39 is 0 Å². The summed E-state index contributed by atoms with van der Waals surface area (Å²) in [6, 6.07) is 0.544. The van der Waals surface area contributed by atoms with E-state index in [9.17, 15) is 0 Å². The predicted molar refractivity (Wildman–Crippen MR) is 93.5 cm³/mol. The van der Waals surface area contributed by atoms with Crippen LogP contribution >= 0.6 is 11.8 Å². The number of likely N-dealkylation sites (tertiary alicyclic amines) is 1. The number of piperidine rings is 1. The lowest BCUT2D eigenvalue weighted by Crippen LogP contribution is -2.49. The monoisotopic (exact) mass is 316 g/mol. The number of hydrogen-bond donors (Lipinski definition) is 2. The second-order valence-corrected chi connectivity index (χ2v) is 6.35. The molecule has 0 aliphatic carbocycles. The number of nitrogens with one attached hydrogen (secondary N) is 2. The van der Waals surface area contributed by atoms with Crippen molar-refractivity contribution in [3.63, 3.8) is 0 Å². The lowest BCUT2D eigenvalue weighted by molar-refractivity contribution is 0.128. The third-order valence-corrected chi connectivity index (χ3v) is 4.36. The van der Waals surface area contributed by atoms with Gasteiger partial charge in [0.2, 0.25) is 0 Å². The Balaban J connectivity index is 2.28. The van der Waals surface area contributed by atoms with Gasteiger partial charge in [-0.2, -0.15) is 11.8 Å². The molecule has 0 unspecified atom stereocenters. The molecule has 1 heterocycles. The first-order chi connectivity index (χ1) is 10.3. The highest BCUT2D eigenvalue weighted by Crippen LogP contribution is 2.09. The summed E-state index contributed by atoms with van der Waals surface area (Å²) in [7, 11) is 1.77. The SMILES string of the molecule is CCNC(=NCCCSC)NC1CCN(CCOC)CC1. The molecule has 5 nitrogen and oxygen atoms in total. The summed E-state index contributed by atoms with van der Waals surface area (Å²) >= 11 is 1.88. The van der Waals surface area contributed by atoms with Gasteiger partial charge in [0.15, 0.2) is 5.96 Å². The van der Waals surface area contributed by atoms with Crippen molar-refractivity contribution in [1.82, 2.24) is 15.5 Å². The predicted octanol–water partition coefficient (Wildman–Crippen LogP) is 1.41. The van der Waals surface area contributed by atoms with E-state index in [0.717, 1.165) is 51.7 Å². The summed E-state index contributed by atoms with van der Waals surface area (Å²) in [5, 5.41) is 6.94. The van der Waals surface area contributed by atoms with Gasteiger partial charge in [-0.1, -0.05) is 0 Å². The van der Waals surface area contributed by atoms with E-state index in [1.54, 1.807) is 7.11 Å². The number of methoxy groups -OCH3 is 1. The van der Waals surface area contributed by atoms with Gasteiger partial charge in [0.05, 0.1) is 6.61 Å². The van der Waals surface area contributed by atoms with Crippen LogP contribution in [0.1, 0.15) is 26.2 Å². The smallest absolute Gasteiger partial charge is 0.191 e. The largest absolute Gasteiger partial charge is 0.383 e. The first-order valence-corrected chi connectivity index (χ1v) is 9.44. The Morgan fingerprint density at radius 2 is 2.14 bits per heavy atom. The zero-order valence-corrected chi connectivity index (χ0v) is 14.7. The minimum atomic E-state index is 0.544. The Morgan fingerprint density at radius 1 is 1.38 bits per heavy atom. The number of ether oxygens (including phenoxy) is 1. The maximum absolute atomic E-state index is 5.14. The topological polar surface area (TPSA) is 48.9 Å². The second-order valence-electron chi connectivity index (χ2n) is 5.36. The minimum absolute atomic E-state index is 0.544. The molecule has 0 saturated carbocycles. The standard InChI is InChI=1S/C15H32N4OS/c1-4-16-15(17-8-5-13-21-3)18-14-6-9-19(10-7-14)11-12-20-2/h14H,4-13H2,1-3H3,(H2,16,17,18). The maximum atomic E-state index is 5.14. The average Bonchev–Trinajstić information content (AvgIpc) is 2.51. The quantitative estimate of drug-likeness (QED) is 0.383. The molecule has 2 N–H and O–H groups in total. The van der Waals surface area contributed by atoms with Crippen molar-refractivity contribution >= 4 is 17.7 Å². The lowest BCUT2D eigenvalue weighted by Gasteiger charge is -2.32. The first-order valence-electron chi connectivity index (χ1n) is 8.05. The molecule has 1 aliphatic rings. The number of nitrogens with zero attached hydrogens (tertiary/aromatic N) is 2. The highest BCUT2D eigenvalue weighted by atomic mass is 32.2. The van der Waals surface area contributed by atoms with E-state index in [-0.39, 0.29) is 0 Å². The van der Waals surface area contributed by atoms with Crippen molar-refractivity contribution in [2.45, 2.75) is 32.2 Å². The zero-order valence-electron chi connectivity index (χ0n) is 13.9. The van der Waals surface area contributed by atoms with Gasteiger partial charge >= 0.3 is 0 Å². The minimum Gasteiger partial charge on any atom is -0.383 e. The molecular formula is C15H32N4OS. The molecule has 6 heteroatoms. The summed E-state index contributed by atoms with van der Waals surface area (Å²) in [4.78, 5) is 7.14. The summed E-state index contributed by atoms with van der Waals surface area (Å²) in [5.74, 6) is 2.16. The van der Waals surface area contributed by atoms with Crippen LogP contribution in [-0.2, 0) is 4.74 Å². The number of thioether (sulfide) groups is 1. The molecule has 0 spiro atoms. The molecule has 0 amide bonds. The molecule has 124 valence electrons. The van der Waals surface area contributed by atoms with Crippen LogP contribution in [0.25, 0.3) is 0 Å². The van der Waals surface area contributed by atoms with E-state index in [2.05, 4.69) is 33.7 Å². The second kappa shape index (κ2) is 12.1. The molecule has 1 aliphatic heterocycles. The Morgan fingerprint density at radius 3 is 2.76 bits per heavy atom. The molecule has 0 aromatic heterocycles. The van der Waals surface area contributed by atoms with Crippen LogP contribution in [0.4, 0.5) is 0 Å². The van der Waals surface area contributed by atoms with Gasteiger partial charge in [-0.3, -0.25) is 4.99 Å². The van der Waals surface area contributed by atoms with Gasteiger partial charge < -0.3 is 20.3 Å². The molecule has 1 saturated heterocycles. The number of rotatable bonds is 9. The summed E-state index contributed by atoms with van der Waals surface area (Å²) in [6.45, 7) is 8.11. The van der Waals surface area contributed by atoms with Crippen LogP contribution < -0.4 is 10.6 Å². The van der Waals surface area contributed by atoms with Gasteiger partial charge in [0.1, 0.15) is 0 Å². The average molecular weight is 317 g/mol. The first kappa shape index (κ1) is 18.6. The van der Waals surface area contributed by atoms with Gasteiger partial charge in [0.25, 0.3) is 0 Å². The van der Waals surface area contributed by atoms with Gasteiger partial charge in [0, 0.05) is 45.9 Å². The van der Waals surface area contributed by atoms with Crippen molar-refractivity contribution in [1.29, 1.82) is 0 Å². The Kier molecular flexibility index (Phi) is 10.7. The van der Waals surface area contributed by atoms with Crippen molar-refractivity contribution in [2.75, 3.05) is 58.4 Å². The maximum Gasteiger partial charge on any atom is 0.191 e. The van der Waals surface area contributed by atoms with E-state index in [4.69, 9.17) is 4.74 Å². The fourth-order valence-corrected chi connectivity index (χ4v) is 2.85. The molecule has 0 atom stereocenters. The lowest BCUT2D eigenvalue weighted by atomic mass is 10.1. The van der Waals surface area contributed by atoms with Crippen LogP contribution in [0.5, 0.6) is 0 Å². The van der Waals surface area contributed by atoms with E-state index in [0.29, 0.717) is 6.04 Å². The van der Waals surface area contributed by atoms with Crippen molar-refractivity contribution < 1.29 is 4.74 Å². The van der Waals surface area contributed by atoms with Crippen LogP contribution in [0.2, 0.25) is 0 Å². The third kappa shape index (κ3) is 8.53. The van der Waals surface area contributed by atoms with Gasteiger partial charge in [-0.25, -0.2) is 0 Å². The van der Waals surface area contributed by atoms with Crippen LogP contribution in [0, 0.1) is 0 Å². The molecule has 0 radical (unpaired) electrons. The van der Waals surface area contributed by atoms with Crippen molar-refractivity contribution in [2.24, 2.45) is 4.99 Å². The van der Waals surface area contributed by atoms with Gasteiger partial charge in [-0.15, -0.1) is 0 Å². The highest BCUT2D eigenvalue weighted by molar-refractivity contribution is 7.98. The van der Waals surface area contributed by atoms with Crippen molar-refractivity contribution in [3.8, 4) is 0 Å². The van der Waals surface area contributed by atoms with E-state index >= 15 is 0 Å². The summed E-state index contributed by atoms with van der Waals surface area (Å²) < 4.78 is 5.14. The number of guanidine groups is 1. The van der Waals surface area contributed by atoms with Crippen molar-refractivity contribution in [3.05, 3.63) is 0 Å². The summed E-state index contributed by atoms with van der Waals surface area (Å²) in [5.41, 5.74) is 0. The third-order valence-electron chi connectivity index (χ3n) is 3.66. The molecule has 0 bridgehead atoms. The highest BCUT2D eigenvalue weighted by Gasteiger charge is 2.19. The molecule has 0 aromatic carbocycles. The number of aliphatic imine (C=N–C) groups is 1. The van der Waals surface area contributed by atoms with E-state index in [1.807, 2.05) is 11.8 Å². The molecule has 1 fully saturated rings. The van der Waals surface area contributed by atoms with Crippen LogP contribution in [-0.4, -0.2) is 75.4 Å². The van der Waals surface area contributed by atoms with Crippen LogP contribution in [0.15, 0.2) is 4.99 Å². The Labute approximate surface area is 134 Å². The normalized spacial score (nSPS) is 18.0. The fourth-order valence-electron chi connectivity index (χ4n) is 2.43. The van der Waals surface area contributed by atoms with Crippen LogP contribution in [0.3, 0.4) is 0 Å². The zero-order chi connectivity index (χ0) is 15.3. The molecule has 1 rings (SSSR count). The number of hydrogen-bond acceptors (Lipinski definition) is 4. The molecule has 21 heavy (non-hydrogen) atoms. The molecule has 0 aromatic rings. The summed E-state index contributed by atoms with van der Waals surface area (Å²) in [6.07, 6.45) is 5.65. The fraction of sp³-hybridized carbons (Fsp3) is 0.933.